The van der Waals surface area contributed by atoms with Crippen molar-refractivity contribution in [3.8, 4) is 0 Å². The quantitative estimate of drug-likeness (QED) is 0.653. The van der Waals surface area contributed by atoms with Gasteiger partial charge in [-0.15, -0.1) is 0 Å². The van der Waals surface area contributed by atoms with Crippen molar-refractivity contribution in [2.45, 2.75) is 25.3 Å². The van der Waals surface area contributed by atoms with Crippen LogP contribution in [0.3, 0.4) is 0 Å². The minimum absolute atomic E-state index is 0.150. The van der Waals surface area contributed by atoms with Crippen LogP contribution < -0.4 is 11.3 Å². The summed E-state index contributed by atoms with van der Waals surface area (Å²) in [5, 5.41) is 0.460. The Balaban J connectivity index is 2.04. The SMILES string of the molecule is NNC(Cc1ccc(F)cc1Cl)C1CCOCC1. The highest BCUT2D eigenvalue weighted by Gasteiger charge is 2.24. The van der Waals surface area contributed by atoms with Crippen molar-refractivity contribution >= 4 is 11.6 Å². The van der Waals surface area contributed by atoms with Gasteiger partial charge < -0.3 is 4.74 Å². The molecule has 100 valence electrons. The Bertz CT molecular complexity index is 397. The molecule has 5 heteroatoms. The van der Waals surface area contributed by atoms with E-state index in [4.69, 9.17) is 22.2 Å². The van der Waals surface area contributed by atoms with Crippen LogP contribution in [-0.2, 0) is 11.2 Å². The maximum absolute atomic E-state index is 13.0. The Kier molecular flexibility index (Phi) is 4.95. The van der Waals surface area contributed by atoms with Gasteiger partial charge in [0, 0.05) is 24.3 Å². The van der Waals surface area contributed by atoms with E-state index in [1.165, 1.54) is 12.1 Å². The summed E-state index contributed by atoms with van der Waals surface area (Å²) in [7, 11) is 0. The van der Waals surface area contributed by atoms with E-state index in [1.54, 1.807) is 6.07 Å². The molecule has 0 spiro atoms. The summed E-state index contributed by atoms with van der Waals surface area (Å²) < 4.78 is 18.3. The fraction of sp³-hybridized carbons (Fsp3) is 0.538. The van der Waals surface area contributed by atoms with E-state index in [0.717, 1.165) is 31.6 Å². The lowest BCUT2D eigenvalue weighted by molar-refractivity contribution is 0.0538. The zero-order valence-corrected chi connectivity index (χ0v) is 10.9. The number of nitrogens with two attached hydrogens (primary N) is 1. The van der Waals surface area contributed by atoms with Gasteiger partial charge in [0.25, 0.3) is 0 Å². The molecule has 1 fully saturated rings. The van der Waals surface area contributed by atoms with Gasteiger partial charge in [-0.2, -0.15) is 0 Å². The predicted molar refractivity (Wildman–Crippen MR) is 69.8 cm³/mol. The number of hydrogen-bond acceptors (Lipinski definition) is 3. The maximum atomic E-state index is 13.0. The molecular weight excluding hydrogens is 255 g/mol. The van der Waals surface area contributed by atoms with Gasteiger partial charge >= 0.3 is 0 Å². The number of hydrazine groups is 1. The lowest BCUT2D eigenvalue weighted by Gasteiger charge is -2.30. The first-order valence-corrected chi connectivity index (χ1v) is 6.56. The summed E-state index contributed by atoms with van der Waals surface area (Å²) in [6.07, 6.45) is 2.70. The molecule has 0 radical (unpaired) electrons. The Morgan fingerprint density at radius 1 is 1.44 bits per heavy atom. The highest BCUT2D eigenvalue weighted by molar-refractivity contribution is 6.31. The van der Waals surface area contributed by atoms with Crippen LogP contribution in [0.25, 0.3) is 0 Å². The molecular formula is C13H18ClFN2O. The second-order valence-corrected chi connectivity index (χ2v) is 5.07. The summed E-state index contributed by atoms with van der Waals surface area (Å²) in [6, 6.07) is 4.64. The molecule has 0 amide bonds. The molecule has 1 atom stereocenters. The number of nitrogens with one attached hydrogen (secondary N) is 1. The highest BCUT2D eigenvalue weighted by Crippen LogP contribution is 2.24. The van der Waals surface area contributed by atoms with E-state index >= 15 is 0 Å². The molecule has 2 rings (SSSR count). The maximum Gasteiger partial charge on any atom is 0.124 e. The molecule has 3 nitrogen and oxygen atoms in total. The van der Waals surface area contributed by atoms with Crippen molar-refractivity contribution in [1.82, 2.24) is 5.43 Å². The van der Waals surface area contributed by atoms with Crippen molar-refractivity contribution in [3.63, 3.8) is 0 Å². The number of benzene rings is 1. The molecule has 1 aliphatic heterocycles. The smallest absolute Gasteiger partial charge is 0.124 e. The van der Waals surface area contributed by atoms with E-state index in [1.807, 2.05) is 0 Å². The van der Waals surface area contributed by atoms with Crippen molar-refractivity contribution in [1.29, 1.82) is 0 Å². The van der Waals surface area contributed by atoms with Crippen LogP contribution in [0.4, 0.5) is 4.39 Å². The minimum Gasteiger partial charge on any atom is -0.381 e. The van der Waals surface area contributed by atoms with E-state index in [-0.39, 0.29) is 11.9 Å². The van der Waals surface area contributed by atoms with Gasteiger partial charge in [-0.3, -0.25) is 11.3 Å². The zero-order chi connectivity index (χ0) is 13.0. The van der Waals surface area contributed by atoms with Crippen LogP contribution in [0.2, 0.25) is 5.02 Å². The van der Waals surface area contributed by atoms with Gasteiger partial charge in [0.05, 0.1) is 0 Å². The first kappa shape index (κ1) is 13.7. The normalized spacial score (nSPS) is 18.8. The largest absolute Gasteiger partial charge is 0.381 e. The van der Waals surface area contributed by atoms with E-state index in [0.29, 0.717) is 17.4 Å². The molecule has 0 saturated carbocycles. The Hall–Kier alpha value is -0.680. The van der Waals surface area contributed by atoms with Crippen LogP contribution in [0.1, 0.15) is 18.4 Å². The second-order valence-electron chi connectivity index (χ2n) is 4.66. The summed E-state index contributed by atoms with van der Waals surface area (Å²) in [5.41, 5.74) is 3.78. The average Bonchev–Trinajstić information content (AvgIpc) is 2.39. The highest BCUT2D eigenvalue weighted by atomic mass is 35.5. The first-order valence-electron chi connectivity index (χ1n) is 6.18. The summed E-state index contributed by atoms with van der Waals surface area (Å²) in [6.45, 7) is 1.56. The lowest BCUT2D eigenvalue weighted by atomic mass is 9.88. The monoisotopic (exact) mass is 272 g/mol. The third-order valence-corrected chi connectivity index (χ3v) is 3.86. The molecule has 0 aliphatic carbocycles. The standard InChI is InChI=1S/C13H18ClFN2O/c14-12-8-11(15)2-1-10(12)7-13(17-16)9-3-5-18-6-4-9/h1-2,8-9,13,17H,3-7,16H2. The van der Waals surface area contributed by atoms with Crippen molar-refractivity contribution in [2.24, 2.45) is 11.8 Å². The van der Waals surface area contributed by atoms with E-state index in [9.17, 15) is 4.39 Å². The van der Waals surface area contributed by atoms with Gasteiger partial charge in [-0.1, -0.05) is 17.7 Å². The van der Waals surface area contributed by atoms with Crippen molar-refractivity contribution in [3.05, 3.63) is 34.6 Å². The third kappa shape index (κ3) is 3.42. The van der Waals surface area contributed by atoms with Crippen molar-refractivity contribution < 1.29 is 9.13 Å². The lowest BCUT2D eigenvalue weighted by Crippen LogP contribution is -2.44. The fourth-order valence-corrected chi connectivity index (χ4v) is 2.65. The van der Waals surface area contributed by atoms with Gasteiger partial charge in [0.2, 0.25) is 0 Å². The van der Waals surface area contributed by atoms with Crippen LogP contribution in [0, 0.1) is 11.7 Å². The van der Waals surface area contributed by atoms with Gasteiger partial charge in [-0.05, 0) is 42.9 Å². The van der Waals surface area contributed by atoms with Gasteiger partial charge in [0.1, 0.15) is 5.82 Å². The zero-order valence-electron chi connectivity index (χ0n) is 10.2. The van der Waals surface area contributed by atoms with Crippen LogP contribution >= 0.6 is 11.6 Å². The molecule has 1 unspecified atom stereocenters. The summed E-state index contributed by atoms with van der Waals surface area (Å²) >= 11 is 6.04. The molecule has 1 aromatic carbocycles. The molecule has 1 saturated heterocycles. The number of ether oxygens (including phenoxy) is 1. The number of halogens is 2. The first-order chi connectivity index (χ1) is 8.70. The Morgan fingerprint density at radius 2 is 2.17 bits per heavy atom. The molecule has 1 aliphatic rings. The van der Waals surface area contributed by atoms with Gasteiger partial charge in [0.15, 0.2) is 0 Å². The Labute approximate surface area is 111 Å². The minimum atomic E-state index is -0.313. The average molecular weight is 273 g/mol. The number of rotatable bonds is 4. The second kappa shape index (κ2) is 6.48. The molecule has 0 aromatic heterocycles. The van der Waals surface area contributed by atoms with Gasteiger partial charge in [-0.25, -0.2) is 4.39 Å². The summed E-state index contributed by atoms with van der Waals surface area (Å²) in [4.78, 5) is 0. The molecule has 1 heterocycles. The van der Waals surface area contributed by atoms with E-state index < -0.39 is 0 Å². The fourth-order valence-electron chi connectivity index (χ4n) is 2.40. The Morgan fingerprint density at radius 3 is 2.78 bits per heavy atom. The molecule has 0 bridgehead atoms. The summed E-state index contributed by atoms with van der Waals surface area (Å²) in [5.74, 6) is 5.79. The predicted octanol–water partition coefficient (Wildman–Crippen LogP) is 2.28. The van der Waals surface area contributed by atoms with Crippen LogP contribution in [-0.4, -0.2) is 19.3 Å². The van der Waals surface area contributed by atoms with E-state index in [2.05, 4.69) is 5.43 Å². The van der Waals surface area contributed by atoms with Crippen LogP contribution in [0.15, 0.2) is 18.2 Å². The van der Waals surface area contributed by atoms with Crippen LogP contribution in [0.5, 0.6) is 0 Å². The molecule has 1 aromatic rings. The topological polar surface area (TPSA) is 47.3 Å². The number of hydrogen-bond donors (Lipinski definition) is 2. The molecule has 3 N–H and O–H groups in total. The molecule has 18 heavy (non-hydrogen) atoms. The third-order valence-electron chi connectivity index (χ3n) is 3.50. The van der Waals surface area contributed by atoms with Crippen molar-refractivity contribution in [2.75, 3.05) is 13.2 Å².